The number of halogens is 1. The Kier molecular flexibility index (Phi) is 3.99. The number of nitrogens with zero attached hydrogens (tertiary/aromatic N) is 2. The summed E-state index contributed by atoms with van der Waals surface area (Å²) in [5, 5.41) is 11.2. The lowest BCUT2D eigenvalue weighted by atomic mass is 10.2. The highest BCUT2D eigenvalue weighted by Gasteiger charge is 2.11. The van der Waals surface area contributed by atoms with E-state index < -0.39 is 17.8 Å². The fourth-order valence-electron chi connectivity index (χ4n) is 1.49. The number of carbonyl (C=O) groups excluding carboxylic acids is 1. The number of nitrogens with one attached hydrogen (secondary N) is 1. The van der Waals surface area contributed by atoms with Crippen LogP contribution in [0.4, 0.5) is 4.39 Å². The fraction of sp³-hybridized carbons (Fsp3) is 0.0769. The number of aromatic carboxylic acids is 1. The molecule has 6 nitrogen and oxygen atoms in total. The maximum Gasteiger partial charge on any atom is 0.354 e. The molecule has 2 heterocycles. The van der Waals surface area contributed by atoms with Crippen LogP contribution in [0, 0.1) is 5.95 Å². The minimum Gasteiger partial charge on any atom is -0.477 e. The monoisotopic (exact) mass is 275 g/mol. The molecule has 0 aliphatic rings. The molecule has 0 fully saturated rings. The molecule has 102 valence electrons. The van der Waals surface area contributed by atoms with Gasteiger partial charge in [0.05, 0.1) is 5.56 Å². The Hall–Kier alpha value is -2.83. The summed E-state index contributed by atoms with van der Waals surface area (Å²) in [6, 6.07) is 5.63. The summed E-state index contributed by atoms with van der Waals surface area (Å²) in [5.74, 6) is -2.57. The lowest BCUT2D eigenvalue weighted by Crippen LogP contribution is -2.24. The molecule has 1 amide bonds. The van der Waals surface area contributed by atoms with Crippen LogP contribution in [0.1, 0.15) is 26.4 Å². The van der Waals surface area contributed by atoms with E-state index >= 15 is 0 Å². The first-order chi connectivity index (χ1) is 9.58. The first-order valence-corrected chi connectivity index (χ1v) is 5.65. The van der Waals surface area contributed by atoms with Gasteiger partial charge in [-0.3, -0.25) is 4.79 Å². The van der Waals surface area contributed by atoms with Crippen molar-refractivity contribution in [1.29, 1.82) is 0 Å². The van der Waals surface area contributed by atoms with Crippen molar-refractivity contribution in [1.82, 2.24) is 15.3 Å². The minimum atomic E-state index is -1.13. The molecule has 0 saturated heterocycles. The molecule has 20 heavy (non-hydrogen) atoms. The molecule has 0 atom stereocenters. The molecule has 2 aromatic heterocycles. The molecule has 0 saturated carbocycles. The van der Waals surface area contributed by atoms with Crippen molar-refractivity contribution in [2.45, 2.75) is 6.54 Å². The molecular weight excluding hydrogens is 265 g/mol. The summed E-state index contributed by atoms with van der Waals surface area (Å²) in [6.07, 6.45) is 2.59. The van der Waals surface area contributed by atoms with Crippen LogP contribution >= 0.6 is 0 Å². The molecule has 7 heteroatoms. The number of pyridine rings is 2. The predicted octanol–water partition coefficient (Wildman–Crippen LogP) is 1.24. The molecule has 0 bridgehead atoms. The van der Waals surface area contributed by atoms with Gasteiger partial charge in [0.2, 0.25) is 5.95 Å². The maximum absolute atomic E-state index is 13.3. The number of hydrogen-bond acceptors (Lipinski definition) is 4. The summed E-state index contributed by atoms with van der Waals surface area (Å²) in [5.41, 5.74) is 0.369. The van der Waals surface area contributed by atoms with Gasteiger partial charge in [0.25, 0.3) is 5.91 Å². The maximum atomic E-state index is 13.3. The van der Waals surface area contributed by atoms with Crippen molar-refractivity contribution >= 4 is 11.9 Å². The highest BCUT2D eigenvalue weighted by Crippen LogP contribution is 2.04. The van der Waals surface area contributed by atoms with Gasteiger partial charge in [0, 0.05) is 18.9 Å². The van der Waals surface area contributed by atoms with Crippen LogP contribution in [0.15, 0.2) is 36.7 Å². The van der Waals surface area contributed by atoms with Gasteiger partial charge < -0.3 is 10.4 Å². The second-order valence-corrected chi connectivity index (χ2v) is 3.88. The van der Waals surface area contributed by atoms with Crippen molar-refractivity contribution in [3.63, 3.8) is 0 Å². The molecule has 0 aliphatic carbocycles. The molecule has 0 spiro atoms. The van der Waals surface area contributed by atoms with Crippen LogP contribution < -0.4 is 5.32 Å². The summed E-state index contributed by atoms with van der Waals surface area (Å²) in [6.45, 7) is 0.111. The molecule has 2 rings (SSSR count). The summed E-state index contributed by atoms with van der Waals surface area (Å²) < 4.78 is 13.3. The molecule has 0 radical (unpaired) electrons. The van der Waals surface area contributed by atoms with Gasteiger partial charge in [-0.2, -0.15) is 4.39 Å². The number of rotatable bonds is 4. The molecule has 0 unspecified atom stereocenters. The second-order valence-electron chi connectivity index (χ2n) is 3.88. The number of carboxylic acids is 1. The molecule has 0 aliphatic heterocycles. The summed E-state index contributed by atoms with van der Waals surface area (Å²) in [4.78, 5) is 29.4. The minimum absolute atomic E-state index is 0.0848. The van der Waals surface area contributed by atoms with E-state index in [1.54, 1.807) is 0 Å². The van der Waals surface area contributed by atoms with Crippen LogP contribution in [-0.4, -0.2) is 27.0 Å². The topological polar surface area (TPSA) is 92.2 Å². The van der Waals surface area contributed by atoms with E-state index in [-0.39, 0.29) is 17.8 Å². The van der Waals surface area contributed by atoms with Gasteiger partial charge in [0.15, 0.2) is 0 Å². The zero-order valence-electron chi connectivity index (χ0n) is 10.2. The largest absolute Gasteiger partial charge is 0.477 e. The van der Waals surface area contributed by atoms with Crippen molar-refractivity contribution < 1.29 is 19.1 Å². The van der Waals surface area contributed by atoms with Gasteiger partial charge in [0.1, 0.15) is 5.69 Å². The van der Waals surface area contributed by atoms with Crippen molar-refractivity contribution in [2.75, 3.05) is 0 Å². The summed E-state index contributed by atoms with van der Waals surface area (Å²) in [7, 11) is 0. The standard InChI is InChI=1S/C13H10FN3O3/c14-11-9(2-1-5-15-11)12(18)17-7-8-3-4-10(13(19)20)16-6-8/h1-6H,7H2,(H,17,18)(H,19,20). The first-order valence-electron chi connectivity index (χ1n) is 5.65. The molecule has 0 aromatic carbocycles. The zero-order valence-corrected chi connectivity index (χ0v) is 10.2. The average Bonchev–Trinajstić information content (AvgIpc) is 2.45. The Bertz CT molecular complexity index is 644. The molecular formula is C13H10FN3O3. The van der Waals surface area contributed by atoms with E-state index in [9.17, 15) is 14.0 Å². The fourth-order valence-corrected chi connectivity index (χ4v) is 1.49. The normalized spacial score (nSPS) is 10.1. The van der Waals surface area contributed by atoms with Crippen LogP contribution in [0.25, 0.3) is 0 Å². The van der Waals surface area contributed by atoms with Gasteiger partial charge in [-0.1, -0.05) is 6.07 Å². The van der Waals surface area contributed by atoms with Gasteiger partial charge in [-0.15, -0.1) is 0 Å². The lowest BCUT2D eigenvalue weighted by Gasteiger charge is -2.05. The Morgan fingerprint density at radius 3 is 2.65 bits per heavy atom. The van der Waals surface area contributed by atoms with Crippen molar-refractivity contribution in [2.24, 2.45) is 0 Å². The Morgan fingerprint density at radius 2 is 2.05 bits per heavy atom. The van der Waals surface area contributed by atoms with Crippen LogP contribution in [0.2, 0.25) is 0 Å². The number of amides is 1. The zero-order chi connectivity index (χ0) is 14.5. The van der Waals surface area contributed by atoms with E-state index in [1.807, 2.05) is 0 Å². The second kappa shape index (κ2) is 5.87. The Labute approximate surface area is 113 Å². The van der Waals surface area contributed by atoms with Crippen LogP contribution in [0.5, 0.6) is 0 Å². The summed E-state index contributed by atoms with van der Waals surface area (Å²) >= 11 is 0. The van der Waals surface area contributed by atoms with Gasteiger partial charge in [-0.25, -0.2) is 14.8 Å². The smallest absolute Gasteiger partial charge is 0.354 e. The quantitative estimate of drug-likeness (QED) is 0.819. The number of carbonyl (C=O) groups is 2. The number of hydrogen-bond donors (Lipinski definition) is 2. The lowest BCUT2D eigenvalue weighted by molar-refractivity contribution is 0.0690. The third-order valence-corrected chi connectivity index (χ3v) is 2.50. The SMILES string of the molecule is O=C(O)c1ccc(CNC(=O)c2cccnc2F)cn1. The highest BCUT2D eigenvalue weighted by atomic mass is 19.1. The average molecular weight is 275 g/mol. The van der Waals surface area contributed by atoms with E-state index in [0.717, 1.165) is 0 Å². The van der Waals surface area contributed by atoms with Crippen molar-refractivity contribution in [3.05, 3.63) is 59.4 Å². The Morgan fingerprint density at radius 1 is 1.25 bits per heavy atom. The number of carboxylic acid groups (broad SMARTS) is 1. The van der Waals surface area contributed by atoms with E-state index in [0.29, 0.717) is 5.56 Å². The van der Waals surface area contributed by atoms with Gasteiger partial charge in [-0.05, 0) is 23.8 Å². The number of aromatic nitrogens is 2. The third-order valence-electron chi connectivity index (χ3n) is 2.50. The predicted molar refractivity (Wildman–Crippen MR) is 66.6 cm³/mol. The highest BCUT2D eigenvalue weighted by molar-refractivity contribution is 5.94. The van der Waals surface area contributed by atoms with Crippen LogP contribution in [0.3, 0.4) is 0 Å². The van der Waals surface area contributed by atoms with E-state index in [1.165, 1.54) is 36.7 Å². The Balaban J connectivity index is 2.00. The van der Waals surface area contributed by atoms with Crippen LogP contribution in [-0.2, 0) is 6.54 Å². The molecule has 2 N–H and O–H groups in total. The van der Waals surface area contributed by atoms with Crippen molar-refractivity contribution in [3.8, 4) is 0 Å². The van der Waals surface area contributed by atoms with Gasteiger partial charge >= 0.3 is 5.97 Å². The first kappa shape index (κ1) is 13.6. The third kappa shape index (κ3) is 3.14. The van der Waals surface area contributed by atoms with E-state index in [4.69, 9.17) is 5.11 Å². The molecule has 2 aromatic rings. The van der Waals surface area contributed by atoms with E-state index in [2.05, 4.69) is 15.3 Å².